The maximum absolute atomic E-state index is 6.57. The molecule has 2 aromatic carbocycles. The molecule has 2 aliphatic heterocycles. The second kappa shape index (κ2) is 10.5. The number of nitrogens with one attached hydrogen (secondary N) is 1. The highest BCUT2D eigenvalue weighted by molar-refractivity contribution is 6.01. The molecule has 4 aromatic rings. The van der Waals surface area contributed by atoms with Gasteiger partial charge in [0.15, 0.2) is 0 Å². The van der Waals surface area contributed by atoms with Crippen LogP contribution in [0.1, 0.15) is 56.6 Å². The Morgan fingerprint density at radius 1 is 1.05 bits per heavy atom. The predicted octanol–water partition coefficient (Wildman–Crippen LogP) is 6.61. The van der Waals surface area contributed by atoms with Gasteiger partial charge in [-0.05, 0) is 95.3 Å². The highest BCUT2D eigenvalue weighted by Gasteiger charge is 2.47. The minimum Gasteiger partial charge on any atom is -0.461 e. The van der Waals surface area contributed by atoms with Gasteiger partial charge in [-0.3, -0.25) is 9.88 Å². The third-order valence-corrected chi connectivity index (χ3v) is 10.6. The van der Waals surface area contributed by atoms with Crippen LogP contribution < -0.4 is 10.1 Å². The van der Waals surface area contributed by atoms with E-state index >= 15 is 0 Å². The van der Waals surface area contributed by atoms with Gasteiger partial charge in [-0.25, -0.2) is 0 Å². The maximum Gasteiger partial charge on any atom is 0.319 e. The van der Waals surface area contributed by atoms with Crippen molar-refractivity contribution in [3.05, 3.63) is 53.7 Å². The van der Waals surface area contributed by atoms with Crippen LogP contribution in [-0.4, -0.2) is 76.2 Å². The second-order valence-corrected chi connectivity index (χ2v) is 13.5. The van der Waals surface area contributed by atoms with Gasteiger partial charge in [0.2, 0.25) is 0 Å². The van der Waals surface area contributed by atoms with E-state index in [0.29, 0.717) is 18.5 Å². The predicted molar refractivity (Wildman–Crippen MR) is 171 cm³/mol. The summed E-state index contributed by atoms with van der Waals surface area (Å²) in [5.74, 6) is 1.52. The fraction of sp³-hybridized carbons (Fsp3) is 0.514. The van der Waals surface area contributed by atoms with Crippen LogP contribution in [0, 0.1) is 19.8 Å². The number of fused-ring (bicyclic) bond motifs is 3. The Balaban J connectivity index is 1.30. The fourth-order valence-electron chi connectivity index (χ4n) is 8.03. The molecule has 220 valence electrons. The van der Waals surface area contributed by atoms with Crippen molar-refractivity contribution in [2.45, 2.75) is 70.4 Å². The number of hydrogen-bond acceptors (Lipinski definition) is 7. The van der Waals surface area contributed by atoms with E-state index in [1.54, 1.807) is 0 Å². The standard InChI is InChI=1S/C35H44N6O/c1-23-18-35(16-9-17-41(35)20-23)22-42-33-38-31-25(3)30(27-13-7-12-26-11-6-10-24(2)29(26)27)36-19-28(31)32(39-33)37-21-34(40(4)5)14-8-15-34/h6-7,10-13,19,23H,8-9,14-18,20-22H2,1-5H3,(H,37,38,39)/t23-,35+/m1/s1. The molecule has 1 N–H and O–H groups in total. The number of hydrogen-bond donors (Lipinski definition) is 1. The first-order valence-corrected chi connectivity index (χ1v) is 15.7. The highest BCUT2D eigenvalue weighted by atomic mass is 16.5. The molecule has 0 bridgehead atoms. The lowest BCUT2D eigenvalue weighted by molar-refractivity contribution is 0.0738. The maximum atomic E-state index is 6.57. The quantitative estimate of drug-likeness (QED) is 0.258. The van der Waals surface area contributed by atoms with Crippen LogP contribution in [0.3, 0.4) is 0 Å². The smallest absolute Gasteiger partial charge is 0.319 e. The average Bonchev–Trinajstić information content (AvgIpc) is 3.47. The van der Waals surface area contributed by atoms with Gasteiger partial charge in [-0.2, -0.15) is 9.97 Å². The molecule has 4 heterocycles. The van der Waals surface area contributed by atoms with Crippen LogP contribution in [0.4, 0.5) is 5.82 Å². The summed E-state index contributed by atoms with van der Waals surface area (Å²) in [6, 6.07) is 13.4. The Kier molecular flexibility index (Phi) is 6.86. The summed E-state index contributed by atoms with van der Waals surface area (Å²) in [5, 5.41) is 7.15. The van der Waals surface area contributed by atoms with E-state index in [0.717, 1.165) is 40.1 Å². The molecule has 2 atom stereocenters. The number of benzene rings is 2. The minimum atomic E-state index is 0.116. The Bertz CT molecular complexity index is 1640. The highest BCUT2D eigenvalue weighted by Crippen LogP contribution is 2.42. The van der Waals surface area contributed by atoms with Gasteiger partial charge in [-0.1, -0.05) is 43.3 Å². The molecule has 0 unspecified atom stereocenters. The topological polar surface area (TPSA) is 66.4 Å². The summed E-state index contributed by atoms with van der Waals surface area (Å²) < 4.78 is 6.57. The van der Waals surface area contributed by atoms with Crippen molar-refractivity contribution in [2.75, 3.05) is 45.7 Å². The zero-order chi connectivity index (χ0) is 29.1. The van der Waals surface area contributed by atoms with E-state index < -0.39 is 0 Å². The fourth-order valence-corrected chi connectivity index (χ4v) is 8.03. The normalized spacial score (nSPS) is 23.4. The van der Waals surface area contributed by atoms with E-state index in [9.17, 15) is 0 Å². The van der Waals surface area contributed by atoms with Crippen LogP contribution in [0.15, 0.2) is 42.6 Å². The van der Waals surface area contributed by atoms with Gasteiger partial charge < -0.3 is 15.0 Å². The number of pyridine rings is 1. The number of aryl methyl sites for hydroxylation is 2. The number of nitrogens with zero attached hydrogens (tertiary/aromatic N) is 5. The van der Waals surface area contributed by atoms with Crippen LogP contribution in [0.25, 0.3) is 32.9 Å². The van der Waals surface area contributed by atoms with E-state index in [4.69, 9.17) is 19.7 Å². The molecular weight excluding hydrogens is 520 g/mol. The number of ether oxygens (including phenoxy) is 1. The molecule has 7 heteroatoms. The lowest BCUT2D eigenvalue weighted by atomic mass is 9.75. The van der Waals surface area contributed by atoms with E-state index in [1.807, 2.05) is 6.20 Å². The van der Waals surface area contributed by atoms with Crippen molar-refractivity contribution in [2.24, 2.45) is 5.92 Å². The molecule has 7 nitrogen and oxygen atoms in total. The first-order valence-electron chi connectivity index (χ1n) is 15.7. The zero-order valence-corrected chi connectivity index (χ0v) is 25.8. The Hall–Kier alpha value is -3.29. The van der Waals surface area contributed by atoms with Crippen molar-refractivity contribution in [1.82, 2.24) is 24.8 Å². The van der Waals surface area contributed by atoms with Crippen molar-refractivity contribution in [1.29, 1.82) is 0 Å². The van der Waals surface area contributed by atoms with Gasteiger partial charge in [-0.15, -0.1) is 0 Å². The molecule has 0 amide bonds. The van der Waals surface area contributed by atoms with Crippen LogP contribution in [-0.2, 0) is 0 Å². The van der Waals surface area contributed by atoms with Crippen molar-refractivity contribution < 1.29 is 4.74 Å². The molecule has 7 rings (SSSR count). The molecule has 1 saturated carbocycles. The van der Waals surface area contributed by atoms with Crippen LogP contribution >= 0.6 is 0 Å². The van der Waals surface area contributed by atoms with Gasteiger partial charge in [0.1, 0.15) is 12.4 Å². The van der Waals surface area contributed by atoms with E-state index in [2.05, 4.69) is 86.4 Å². The molecule has 1 aliphatic carbocycles. The molecule has 3 aliphatic rings. The van der Waals surface area contributed by atoms with Gasteiger partial charge in [0.05, 0.1) is 22.1 Å². The lowest BCUT2D eigenvalue weighted by Gasteiger charge is -2.47. The van der Waals surface area contributed by atoms with E-state index in [-0.39, 0.29) is 11.1 Å². The molecule has 0 spiro atoms. The first-order chi connectivity index (χ1) is 20.3. The molecule has 2 saturated heterocycles. The number of aromatic nitrogens is 3. The van der Waals surface area contributed by atoms with Crippen molar-refractivity contribution >= 4 is 27.5 Å². The molecule has 2 aromatic heterocycles. The number of rotatable bonds is 8. The summed E-state index contributed by atoms with van der Waals surface area (Å²) >= 11 is 0. The monoisotopic (exact) mass is 564 g/mol. The lowest BCUT2D eigenvalue weighted by Crippen LogP contribution is -2.54. The molecule has 0 radical (unpaired) electrons. The summed E-state index contributed by atoms with van der Waals surface area (Å²) in [6.45, 7) is 10.5. The van der Waals surface area contributed by atoms with E-state index in [1.165, 1.54) is 68.0 Å². The average molecular weight is 565 g/mol. The van der Waals surface area contributed by atoms with Gasteiger partial charge in [0, 0.05) is 36.0 Å². The second-order valence-electron chi connectivity index (χ2n) is 13.5. The van der Waals surface area contributed by atoms with Crippen molar-refractivity contribution in [3.8, 4) is 17.3 Å². The number of likely N-dealkylation sites (N-methyl/N-ethyl adjacent to an activating group) is 1. The summed E-state index contributed by atoms with van der Waals surface area (Å²) in [5.41, 5.74) is 5.59. The Morgan fingerprint density at radius 2 is 1.86 bits per heavy atom. The Labute approximate surface area is 249 Å². The Morgan fingerprint density at radius 3 is 2.62 bits per heavy atom. The molecule has 3 fully saturated rings. The molecular formula is C35H44N6O. The van der Waals surface area contributed by atoms with Crippen molar-refractivity contribution in [3.63, 3.8) is 0 Å². The summed E-state index contributed by atoms with van der Waals surface area (Å²) in [6.07, 6.45) is 9.23. The third-order valence-electron chi connectivity index (χ3n) is 10.6. The first kappa shape index (κ1) is 27.5. The SMILES string of the molecule is Cc1c(-c2cccc3cccc(C)c23)ncc2c(NCC3(N(C)C)CCC3)nc(OC[C@@]34CCCN3C[C@H](C)C4)nc12. The summed E-state index contributed by atoms with van der Waals surface area (Å²) in [7, 11) is 4.37. The van der Waals surface area contributed by atoms with Crippen LogP contribution in [0.2, 0.25) is 0 Å². The largest absolute Gasteiger partial charge is 0.461 e. The zero-order valence-electron chi connectivity index (χ0n) is 25.8. The minimum absolute atomic E-state index is 0.116. The molecule has 42 heavy (non-hydrogen) atoms. The van der Waals surface area contributed by atoms with Crippen LogP contribution in [0.5, 0.6) is 6.01 Å². The third kappa shape index (κ3) is 4.53. The van der Waals surface area contributed by atoms with Gasteiger partial charge in [0.25, 0.3) is 0 Å². The summed E-state index contributed by atoms with van der Waals surface area (Å²) in [4.78, 5) is 20.1. The number of anilines is 1. The van der Waals surface area contributed by atoms with Gasteiger partial charge >= 0.3 is 6.01 Å².